The monoisotopic (exact) mass is 244 g/mol. The molecule has 0 aliphatic heterocycles. The van der Waals surface area contributed by atoms with E-state index >= 15 is 0 Å². The van der Waals surface area contributed by atoms with Crippen molar-refractivity contribution < 1.29 is 14.3 Å². The number of carbonyl (C=O) groups excluding carboxylic acids is 1. The number of amides is 1. The van der Waals surface area contributed by atoms with Crippen LogP contribution in [-0.2, 0) is 16.1 Å². The number of ether oxygens (including phenoxy) is 2. The Labute approximate surface area is 98.5 Å². The summed E-state index contributed by atoms with van der Waals surface area (Å²) in [5, 5.41) is 4.96. The number of primary amides is 1. The van der Waals surface area contributed by atoms with Gasteiger partial charge in [0.05, 0.1) is 18.6 Å². The highest BCUT2D eigenvalue weighted by Gasteiger charge is 2.15. The highest BCUT2D eigenvalue weighted by atomic mass is 32.1. The summed E-state index contributed by atoms with van der Waals surface area (Å²) in [6.45, 7) is 0.806. The van der Waals surface area contributed by atoms with Crippen LogP contribution in [0.1, 0.15) is 4.88 Å². The minimum atomic E-state index is -0.475. The number of carbonyl (C=O) groups is 1. The summed E-state index contributed by atoms with van der Waals surface area (Å²) < 4.78 is 10.1. The summed E-state index contributed by atoms with van der Waals surface area (Å²) in [4.78, 5) is 12.1. The molecule has 90 valence electrons. The molecule has 1 rings (SSSR count). The normalized spacial score (nSPS) is 12.4. The molecule has 0 aliphatic rings. The highest BCUT2D eigenvalue weighted by molar-refractivity contribution is 7.10. The summed E-state index contributed by atoms with van der Waals surface area (Å²) in [6.07, 6.45) is 0. The van der Waals surface area contributed by atoms with Crippen LogP contribution >= 0.6 is 11.3 Å². The van der Waals surface area contributed by atoms with Gasteiger partial charge >= 0.3 is 0 Å². The number of methoxy groups -OCH3 is 2. The maximum Gasteiger partial charge on any atom is 0.236 e. The first kappa shape index (κ1) is 13.0. The topological polar surface area (TPSA) is 73.6 Å². The second kappa shape index (κ2) is 6.47. The molecule has 6 heteroatoms. The van der Waals surface area contributed by atoms with Crippen LogP contribution in [-0.4, -0.2) is 32.8 Å². The Morgan fingerprint density at radius 2 is 2.38 bits per heavy atom. The lowest BCUT2D eigenvalue weighted by molar-refractivity contribution is -0.121. The summed E-state index contributed by atoms with van der Waals surface area (Å²) in [5.41, 5.74) is 5.22. The minimum absolute atomic E-state index is 0.267. The fourth-order valence-corrected chi connectivity index (χ4v) is 2.05. The van der Waals surface area contributed by atoms with Crippen LogP contribution in [0.15, 0.2) is 11.4 Å². The largest absolute Gasteiger partial charge is 0.496 e. The molecule has 1 aromatic rings. The molecule has 1 heterocycles. The van der Waals surface area contributed by atoms with Gasteiger partial charge < -0.3 is 15.2 Å². The Bertz CT molecular complexity index is 341. The maximum absolute atomic E-state index is 11.1. The van der Waals surface area contributed by atoms with Gasteiger partial charge in [0.15, 0.2) is 0 Å². The molecular weight excluding hydrogens is 228 g/mol. The van der Waals surface area contributed by atoms with Crippen molar-refractivity contribution in [1.82, 2.24) is 5.32 Å². The Morgan fingerprint density at radius 1 is 1.62 bits per heavy atom. The van der Waals surface area contributed by atoms with Crippen molar-refractivity contribution in [2.45, 2.75) is 12.6 Å². The number of hydrogen-bond acceptors (Lipinski definition) is 5. The van der Waals surface area contributed by atoms with Gasteiger partial charge in [0, 0.05) is 13.7 Å². The van der Waals surface area contributed by atoms with E-state index in [-0.39, 0.29) is 6.61 Å². The molecule has 0 saturated carbocycles. The van der Waals surface area contributed by atoms with Gasteiger partial charge in [0.25, 0.3) is 0 Å². The van der Waals surface area contributed by atoms with E-state index in [1.54, 1.807) is 18.4 Å². The zero-order valence-electron chi connectivity index (χ0n) is 9.36. The summed E-state index contributed by atoms with van der Waals surface area (Å²) in [7, 11) is 3.15. The molecule has 0 spiro atoms. The van der Waals surface area contributed by atoms with E-state index in [2.05, 4.69) is 5.32 Å². The van der Waals surface area contributed by atoms with Gasteiger partial charge in [0.1, 0.15) is 11.8 Å². The second-order valence-electron chi connectivity index (χ2n) is 3.20. The predicted octanol–water partition coefficient (Wildman–Crippen LogP) is 0.347. The maximum atomic E-state index is 11.1. The lowest BCUT2D eigenvalue weighted by Crippen LogP contribution is -2.43. The van der Waals surface area contributed by atoms with Gasteiger partial charge in [0.2, 0.25) is 5.91 Å². The molecular formula is C10H16N2O3S. The number of rotatable bonds is 7. The molecule has 1 amide bonds. The van der Waals surface area contributed by atoms with Gasteiger partial charge in [-0.3, -0.25) is 10.1 Å². The minimum Gasteiger partial charge on any atom is -0.496 e. The molecule has 0 aromatic carbocycles. The van der Waals surface area contributed by atoms with Gasteiger partial charge in [-0.25, -0.2) is 0 Å². The van der Waals surface area contributed by atoms with Crippen LogP contribution in [0, 0.1) is 0 Å². The zero-order valence-corrected chi connectivity index (χ0v) is 10.2. The smallest absolute Gasteiger partial charge is 0.236 e. The van der Waals surface area contributed by atoms with E-state index in [0.717, 1.165) is 10.6 Å². The average molecular weight is 244 g/mol. The van der Waals surface area contributed by atoms with E-state index in [1.165, 1.54) is 7.11 Å². The lowest BCUT2D eigenvalue weighted by atomic mass is 10.3. The molecule has 0 fully saturated rings. The summed E-state index contributed by atoms with van der Waals surface area (Å²) >= 11 is 1.57. The lowest BCUT2D eigenvalue weighted by Gasteiger charge is -2.14. The molecule has 3 N–H and O–H groups in total. The predicted molar refractivity (Wildman–Crippen MR) is 62.6 cm³/mol. The Balaban J connectivity index is 2.51. The van der Waals surface area contributed by atoms with Crippen LogP contribution in [0.5, 0.6) is 5.75 Å². The second-order valence-corrected chi connectivity index (χ2v) is 4.20. The summed E-state index contributed by atoms with van der Waals surface area (Å²) in [6, 6.07) is 1.41. The van der Waals surface area contributed by atoms with Crippen molar-refractivity contribution in [3.8, 4) is 5.75 Å². The first-order chi connectivity index (χ1) is 7.69. The SMILES string of the molecule is COCC(NCc1sccc1OC)C(N)=O. The molecule has 0 aliphatic carbocycles. The molecule has 16 heavy (non-hydrogen) atoms. The van der Waals surface area contributed by atoms with E-state index < -0.39 is 11.9 Å². The molecule has 1 atom stereocenters. The third-order valence-electron chi connectivity index (χ3n) is 2.11. The fraction of sp³-hybridized carbons (Fsp3) is 0.500. The molecule has 5 nitrogen and oxygen atoms in total. The Hall–Kier alpha value is -1.11. The van der Waals surface area contributed by atoms with Crippen LogP contribution < -0.4 is 15.8 Å². The number of thiophene rings is 1. The highest BCUT2D eigenvalue weighted by Crippen LogP contribution is 2.23. The van der Waals surface area contributed by atoms with Crippen molar-refractivity contribution in [2.24, 2.45) is 5.73 Å². The van der Waals surface area contributed by atoms with Crippen molar-refractivity contribution in [1.29, 1.82) is 0 Å². The van der Waals surface area contributed by atoms with Crippen molar-refractivity contribution >= 4 is 17.2 Å². The van der Waals surface area contributed by atoms with Gasteiger partial charge in [-0.05, 0) is 11.4 Å². The summed E-state index contributed by atoms with van der Waals surface area (Å²) in [5.74, 6) is 0.399. The van der Waals surface area contributed by atoms with Crippen LogP contribution in [0.25, 0.3) is 0 Å². The van der Waals surface area contributed by atoms with Crippen molar-refractivity contribution in [3.05, 3.63) is 16.3 Å². The Kier molecular flexibility index (Phi) is 5.24. The Morgan fingerprint density at radius 3 is 2.94 bits per heavy atom. The number of nitrogens with two attached hydrogens (primary N) is 1. The average Bonchev–Trinajstić information content (AvgIpc) is 2.71. The van der Waals surface area contributed by atoms with Crippen LogP contribution in [0.4, 0.5) is 0 Å². The van der Waals surface area contributed by atoms with E-state index in [0.29, 0.717) is 6.54 Å². The third kappa shape index (κ3) is 3.48. The fourth-order valence-electron chi connectivity index (χ4n) is 1.26. The van der Waals surface area contributed by atoms with Gasteiger partial charge in [-0.1, -0.05) is 0 Å². The third-order valence-corrected chi connectivity index (χ3v) is 3.01. The molecule has 0 saturated heterocycles. The quantitative estimate of drug-likeness (QED) is 0.725. The number of nitrogens with one attached hydrogen (secondary N) is 1. The van der Waals surface area contributed by atoms with Crippen molar-refractivity contribution in [2.75, 3.05) is 20.8 Å². The number of hydrogen-bond donors (Lipinski definition) is 2. The first-order valence-electron chi connectivity index (χ1n) is 4.81. The molecule has 1 unspecified atom stereocenters. The van der Waals surface area contributed by atoms with Crippen LogP contribution in [0.3, 0.4) is 0 Å². The standard InChI is InChI=1S/C10H16N2O3S/c1-14-6-7(10(11)13)12-5-9-8(15-2)3-4-16-9/h3-4,7,12H,5-6H2,1-2H3,(H2,11,13). The molecule has 0 radical (unpaired) electrons. The van der Waals surface area contributed by atoms with Crippen LogP contribution in [0.2, 0.25) is 0 Å². The first-order valence-corrected chi connectivity index (χ1v) is 5.69. The van der Waals surface area contributed by atoms with E-state index in [9.17, 15) is 4.79 Å². The van der Waals surface area contributed by atoms with Gasteiger partial charge in [-0.2, -0.15) is 0 Å². The van der Waals surface area contributed by atoms with E-state index in [4.69, 9.17) is 15.2 Å². The zero-order chi connectivity index (χ0) is 12.0. The molecule has 0 bridgehead atoms. The van der Waals surface area contributed by atoms with Gasteiger partial charge in [-0.15, -0.1) is 11.3 Å². The van der Waals surface area contributed by atoms with E-state index in [1.807, 2.05) is 11.4 Å². The molecule has 1 aromatic heterocycles. The van der Waals surface area contributed by atoms with Crippen molar-refractivity contribution in [3.63, 3.8) is 0 Å².